The maximum Gasteiger partial charge on any atom is 0.326 e. The molecule has 0 aromatic heterocycles. The lowest BCUT2D eigenvalue weighted by Crippen LogP contribution is -2.48. The van der Waals surface area contributed by atoms with Gasteiger partial charge in [-0.25, -0.2) is 4.79 Å². The molecule has 0 aliphatic carbocycles. The number of hydrogen-bond donors (Lipinski definition) is 1. The second-order valence-electron chi connectivity index (χ2n) is 4.35. The van der Waals surface area contributed by atoms with E-state index < -0.39 is 12.0 Å². The van der Waals surface area contributed by atoms with Gasteiger partial charge in [0.15, 0.2) is 0 Å². The number of amides is 1. The summed E-state index contributed by atoms with van der Waals surface area (Å²) in [4.78, 5) is 24.5. The molecular weight excluding hydrogens is 218 g/mol. The highest BCUT2D eigenvalue weighted by atomic mass is 16.4. The Morgan fingerprint density at radius 2 is 2.24 bits per heavy atom. The average molecular weight is 233 g/mol. The molecule has 1 heterocycles. The molecule has 1 aromatic rings. The van der Waals surface area contributed by atoms with E-state index in [0.717, 1.165) is 5.56 Å². The number of benzene rings is 1. The van der Waals surface area contributed by atoms with Crippen molar-refractivity contribution in [3.63, 3.8) is 0 Å². The van der Waals surface area contributed by atoms with Crippen molar-refractivity contribution >= 4 is 17.6 Å². The number of piperidine rings is 1. The molecule has 1 atom stereocenters. The lowest BCUT2D eigenvalue weighted by molar-refractivity contribution is -0.141. The van der Waals surface area contributed by atoms with E-state index in [1.807, 2.05) is 25.1 Å². The van der Waals surface area contributed by atoms with Crippen molar-refractivity contribution < 1.29 is 14.7 Å². The summed E-state index contributed by atoms with van der Waals surface area (Å²) in [7, 11) is 0. The van der Waals surface area contributed by atoms with Gasteiger partial charge in [0.05, 0.1) is 0 Å². The number of aliphatic carboxylic acids is 1. The summed E-state index contributed by atoms with van der Waals surface area (Å²) in [5.74, 6) is -1.03. The highest BCUT2D eigenvalue weighted by Gasteiger charge is 2.34. The summed E-state index contributed by atoms with van der Waals surface area (Å²) in [6.45, 7) is 1.92. The maximum atomic E-state index is 11.9. The number of rotatable bonds is 2. The molecule has 4 heteroatoms. The van der Waals surface area contributed by atoms with Crippen LogP contribution in [0.3, 0.4) is 0 Å². The van der Waals surface area contributed by atoms with Crippen LogP contribution in [0.4, 0.5) is 5.69 Å². The maximum absolute atomic E-state index is 11.9. The SMILES string of the molecule is Cc1cccc(N2C(=O)CCCC2C(=O)O)c1. The summed E-state index contributed by atoms with van der Waals surface area (Å²) >= 11 is 0. The summed E-state index contributed by atoms with van der Waals surface area (Å²) in [5.41, 5.74) is 1.70. The summed E-state index contributed by atoms with van der Waals surface area (Å²) < 4.78 is 0. The zero-order valence-corrected chi connectivity index (χ0v) is 9.72. The van der Waals surface area contributed by atoms with Gasteiger partial charge in [-0.3, -0.25) is 9.69 Å². The number of hydrogen-bond acceptors (Lipinski definition) is 2. The minimum absolute atomic E-state index is 0.103. The number of carbonyl (C=O) groups excluding carboxylic acids is 1. The molecule has 4 nitrogen and oxygen atoms in total. The monoisotopic (exact) mass is 233 g/mol. The number of carboxylic acid groups (broad SMARTS) is 1. The predicted molar refractivity (Wildman–Crippen MR) is 63.9 cm³/mol. The zero-order valence-electron chi connectivity index (χ0n) is 9.72. The minimum atomic E-state index is -0.931. The van der Waals surface area contributed by atoms with Gasteiger partial charge < -0.3 is 5.11 Å². The van der Waals surface area contributed by atoms with E-state index in [9.17, 15) is 9.59 Å². The van der Waals surface area contributed by atoms with Crippen LogP contribution in [0.5, 0.6) is 0 Å². The highest BCUT2D eigenvalue weighted by molar-refractivity contribution is 6.00. The Morgan fingerprint density at radius 3 is 2.88 bits per heavy atom. The molecule has 90 valence electrons. The Balaban J connectivity index is 2.38. The van der Waals surface area contributed by atoms with Gasteiger partial charge in [-0.1, -0.05) is 12.1 Å². The molecule has 1 saturated heterocycles. The second kappa shape index (κ2) is 4.57. The van der Waals surface area contributed by atoms with Crippen LogP contribution in [0.1, 0.15) is 24.8 Å². The largest absolute Gasteiger partial charge is 0.480 e. The second-order valence-corrected chi connectivity index (χ2v) is 4.35. The summed E-state index contributed by atoms with van der Waals surface area (Å²) in [6, 6.07) is 6.67. The molecule has 1 aliphatic rings. The third-order valence-corrected chi connectivity index (χ3v) is 3.01. The van der Waals surface area contributed by atoms with Gasteiger partial charge in [-0.05, 0) is 37.5 Å². The van der Waals surface area contributed by atoms with Crippen LogP contribution in [-0.4, -0.2) is 23.0 Å². The third kappa shape index (κ3) is 2.30. The predicted octanol–water partition coefficient (Wildman–Crippen LogP) is 1.97. The fraction of sp³-hybridized carbons (Fsp3) is 0.385. The molecule has 1 aromatic carbocycles. The molecule has 1 fully saturated rings. The summed E-state index contributed by atoms with van der Waals surface area (Å²) in [5, 5.41) is 9.16. The topological polar surface area (TPSA) is 57.6 Å². The number of nitrogens with zero attached hydrogens (tertiary/aromatic N) is 1. The quantitative estimate of drug-likeness (QED) is 0.849. The van der Waals surface area contributed by atoms with Gasteiger partial charge in [0, 0.05) is 12.1 Å². The molecular formula is C13H15NO3. The average Bonchev–Trinajstić information content (AvgIpc) is 2.28. The smallest absolute Gasteiger partial charge is 0.326 e. The lowest BCUT2D eigenvalue weighted by Gasteiger charge is -2.33. The van der Waals surface area contributed by atoms with Crippen LogP contribution in [0.25, 0.3) is 0 Å². The van der Waals surface area contributed by atoms with Crippen molar-refractivity contribution in [2.45, 2.75) is 32.2 Å². The molecule has 17 heavy (non-hydrogen) atoms. The number of aryl methyl sites for hydroxylation is 1. The van der Waals surface area contributed by atoms with E-state index in [0.29, 0.717) is 24.9 Å². The van der Waals surface area contributed by atoms with Gasteiger partial charge in [-0.15, -0.1) is 0 Å². The van der Waals surface area contributed by atoms with Crippen LogP contribution < -0.4 is 4.90 Å². The molecule has 1 N–H and O–H groups in total. The molecule has 1 amide bonds. The number of carboxylic acids is 1. The van der Waals surface area contributed by atoms with Crippen molar-refractivity contribution in [2.75, 3.05) is 4.90 Å². The standard InChI is InChI=1S/C13H15NO3/c1-9-4-2-5-10(8-9)14-11(13(16)17)6-3-7-12(14)15/h2,4-5,8,11H,3,6-7H2,1H3,(H,16,17). The molecule has 1 aliphatic heterocycles. The Bertz CT molecular complexity index is 456. The van der Waals surface area contributed by atoms with Crippen LogP contribution in [0.15, 0.2) is 24.3 Å². The van der Waals surface area contributed by atoms with Crippen molar-refractivity contribution in [2.24, 2.45) is 0 Å². The Kier molecular flexibility index (Phi) is 3.13. The van der Waals surface area contributed by atoms with E-state index >= 15 is 0 Å². The van der Waals surface area contributed by atoms with E-state index in [2.05, 4.69) is 0 Å². The molecule has 0 spiro atoms. The molecule has 1 unspecified atom stereocenters. The van der Waals surface area contributed by atoms with Crippen LogP contribution in [0.2, 0.25) is 0 Å². The van der Waals surface area contributed by atoms with Gasteiger partial charge in [0.25, 0.3) is 0 Å². The first-order valence-corrected chi connectivity index (χ1v) is 5.71. The number of carbonyl (C=O) groups is 2. The van der Waals surface area contributed by atoms with Gasteiger partial charge in [0.1, 0.15) is 6.04 Å². The van der Waals surface area contributed by atoms with E-state index in [1.54, 1.807) is 6.07 Å². The van der Waals surface area contributed by atoms with Crippen molar-refractivity contribution in [1.29, 1.82) is 0 Å². The summed E-state index contributed by atoms with van der Waals surface area (Å²) in [6.07, 6.45) is 1.60. The van der Waals surface area contributed by atoms with Crippen molar-refractivity contribution in [3.8, 4) is 0 Å². The van der Waals surface area contributed by atoms with Gasteiger partial charge >= 0.3 is 5.97 Å². The Labute approximate surface area is 99.9 Å². The van der Waals surface area contributed by atoms with Gasteiger partial charge in [-0.2, -0.15) is 0 Å². The van der Waals surface area contributed by atoms with E-state index in [1.165, 1.54) is 4.90 Å². The molecule has 0 saturated carbocycles. The first-order valence-electron chi connectivity index (χ1n) is 5.71. The van der Waals surface area contributed by atoms with Crippen LogP contribution in [-0.2, 0) is 9.59 Å². The molecule has 2 rings (SSSR count). The zero-order chi connectivity index (χ0) is 12.4. The number of anilines is 1. The first-order chi connectivity index (χ1) is 8.09. The normalized spacial score (nSPS) is 20.4. The van der Waals surface area contributed by atoms with E-state index in [4.69, 9.17) is 5.11 Å². The highest BCUT2D eigenvalue weighted by Crippen LogP contribution is 2.26. The fourth-order valence-corrected chi connectivity index (χ4v) is 2.21. The van der Waals surface area contributed by atoms with E-state index in [-0.39, 0.29) is 5.91 Å². The third-order valence-electron chi connectivity index (χ3n) is 3.01. The first kappa shape index (κ1) is 11.6. The minimum Gasteiger partial charge on any atom is -0.480 e. The molecule has 0 bridgehead atoms. The lowest BCUT2D eigenvalue weighted by atomic mass is 10.0. The van der Waals surface area contributed by atoms with Crippen molar-refractivity contribution in [3.05, 3.63) is 29.8 Å². The fourth-order valence-electron chi connectivity index (χ4n) is 2.21. The Morgan fingerprint density at radius 1 is 1.47 bits per heavy atom. The van der Waals surface area contributed by atoms with Crippen molar-refractivity contribution in [1.82, 2.24) is 0 Å². The van der Waals surface area contributed by atoms with Gasteiger partial charge in [0.2, 0.25) is 5.91 Å². The molecule has 0 radical (unpaired) electrons. The van der Waals surface area contributed by atoms with Crippen LogP contribution >= 0.6 is 0 Å². The Hall–Kier alpha value is -1.84. The van der Waals surface area contributed by atoms with Crippen LogP contribution in [0, 0.1) is 6.92 Å².